The number of nitrogens with one attached hydrogen (secondary N) is 1. The maximum atomic E-state index is 12.4. The highest BCUT2D eigenvalue weighted by molar-refractivity contribution is 5.90. The van der Waals surface area contributed by atoms with Gasteiger partial charge in [0.2, 0.25) is 0 Å². The summed E-state index contributed by atoms with van der Waals surface area (Å²) < 4.78 is 1.97. The van der Waals surface area contributed by atoms with Crippen LogP contribution in [0.3, 0.4) is 0 Å². The molecule has 10 heteroatoms. The monoisotopic (exact) mass is 447 g/mol. The third kappa shape index (κ3) is 3.72. The lowest BCUT2D eigenvalue weighted by atomic mass is 9.70. The van der Waals surface area contributed by atoms with Crippen molar-refractivity contribution in [3.8, 4) is 17.3 Å². The maximum absolute atomic E-state index is 12.4. The Balaban J connectivity index is 1.27. The van der Waals surface area contributed by atoms with Crippen LogP contribution in [0.5, 0.6) is 0 Å². The van der Waals surface area contributed by atoms with Crippen molar-refractivity contribution in [2.75, 3.05) is 39.8 Å². The molecule has 1 N–H and O–H groups in total. The highest BCUT2D eigenvalue weighted by Gasteiger charge is 2.49. The van der Waals surface area contributed by atoms with Crippen LogP contribution in [-0.4, -0.2) is 91.3 Å². The number of H-pyrrole nitrogens is 1. The molecule has 0 atom stereocenters. The molecule has 0 aromatic carbocycles. The van der Waals surface area contributed by atoms with Gasteiger partial charge in [-0.1, -0.05) is 0 Å². The van der Waals surface area contributed by atoms with Gasteiger partial charge < -0.3 is 14.8 Å². The average molecular weight is 448 g/mol. The number of carbonyl (C=O) groups excluding carboxylic acids is 1. The first-order chi connectivity index (χ1) is 16.0. The SMILES string of the molecule is CCN(C)C(=O)N1CCN(C2CC(CC#N)(n3cc(-c4ncnc5[nH]ccc45)cn3)C2)CC1. The van der Waals surface area contributed by atoms with Crippen molar-refractivity contribution < 1.29 is 4.79 Å². The second-order valence-electron chi connectivity index (χ2n) is 9.08. The number of rotatable bonds is 5. The second-order valence-corrected chi connectivity index (χ2v) is 9.08. The molecule has 1 aliphatic carbocycles. The number of nitriles is 1. The summed E-state index contributed by atoms with van der Waals surface area (Å²) >= 11 is 0. The van der Waals surface area contributed by atoms with E-state index in [1.807, 2.05) is 48.2 Å². The summed E-state index contributed by atoms with van der Waals surface area (Å²) in [4.78, 5) is 30.4. The van der Waals surface area contributed by atoms with Crippen molar-refractivity contribution in [1.82, 2.24) is 39.4 Å². The Bertz CT molecular complexity index is 1180. The van der Waals surface area contributed by atoms with Crippen molar-refractivity contribution in [1.29, 1.82) is 5.26 Å². The molecule has 0 unspecified atom stereocenters. The van der Waals surface area contributed by atoms with E-state index < -0.39 is 0 Å². The molecule has 0 spiro atoms. The van der Waals surface area contributed by atoms with Gasteiger partial charge in [0.1, 0.15) is 12.0 Å². The average Bonchev–Trinajstić information content (AvgIpc) is 3.50. The van der Waals surface area contributed by atoms with Crippen molar-refractivity contribution in [2.24, 2.45) is 0 Å². The normalized spacial score (nSPS) is 23.3. The van der Waals surface area contributed by atoms with E-state index in [0.29, 0.717) is 12.5 Å². The van der Waals surface area contributed by atoms with E-state index in [1.54, 1.807) is 11.2 Å². The number of aromatic amines is 1. The summed E-state index contributed by atoms with van der Waals surface area (Å²) in [5, 5.41) is 15.2. The van der Waals surface area contributed by atoms with E-state index in [-0.39, 0.29) is 11.6 Å². The van der Waals surface area contributed by atoms with Crippen LogP contribution in [0.15, 0.2) is 31.0 Å². The van der Waals surface area contributed by atoms with Gasteiger partial charge in [-0.05, 0) is 25.8 Å². The van der Waals surface area contributed by atoms with Gasteiger partial charge in [-0.15, -0.1) is 0 Å². The van der Waals surface area contributed by atoms with E-state index in [0.717, 1.165) is 67.9 Å². The number of urea groups is 1. The summed E-state index contributed by atoms with van der Waals surface area (Å²) in [5.74, 6) is 0. The fraction of sp³-hybridized carbons (Fsp3) is 0.522. The molecule has 172 valence electrons. The van der Waals surface area contributed by atoms with E-state index in [1.165, 1.54) is 0 Å². The Morgan fingerprint density at radius 2 is 2.09 bits per heavy atom. The zero-order chi connectivity index (χ0) is 23.0. The number of piperazine rings is 1. The minimum atomic E-state index is -0.294. The minimum absolute atomic E-state index is 0.106. The van der Waals surface area contributed by atoms with Gasteiger partial charge in [-0.3, -0.25) is 9.58 Å². The van der Waals surface area contributed by atoms with Crippen LogP contribution in [0, 0.1) is 11.3 Å². The molecule has 3 aromatic heterocycles. The molecule has 1 saturated carbocycles. The Hall–Kier alpha value is -3.45. The molecule has 0 bridgehead atoms. The zero-order valence-corrected chi connectivity index (χ0v) is 19.1. The molecule has 5 rings (SSSR count). The van der Waals surface area contributed by atoms with Crippen LogP contribution < -0.4 is 0 Å². The summed E-state index contributed by atoms with van der Waals surface area (Å²) in [6.07, 6.45) is 9.44. The molecule has 1 saturated heterocycles. The zero-order valence-electron chi connectivity index (χ0n) is 19.1. The van der Waals surface area contributed by atoms with Gasteiger partial charge in [0.25, 0.3) is 0 Å². The Morgan fingerprint density at radius 3 is 2.82 bits per heavy atom. The lowest BCUT2D eigenvalue weighted by Gasteiger charge is -2.52. The summed E-state index contributed by atoms with van der Waals surface area (Å²) in [6, 6.07) is 4.86. The van der Waals surface area contributed by atoms with Crippen LogP contribution >= 0.6 is 0 Å². The fourth-order valence-electron chi connectivity index (χ4n) is 5.10. The molecule has 1 aliphatic heterocycles. The quantitative estimate of drug-likeness (QED) is 0.643. The van der Waals surface area contributed by atoms with Crippen LogP contribution in [0.2, 0.25) is 0 Å². The second kappa shape index (κ2) is 8.48. The minimum Gasteiger partial charge on any atom is -0.346 e. The number of fused-ring (bicyclic) bond motifs is 1. The van der Waals surface area contributed by atoms with Crippen molar-refractivity contribution >= 4 is 17.1 Å². The van der Waals surface area contributed by atoms with E-state index in [2.05, 4.69) is 31.0 Å². The number of amides is 2. The third-order valence-corrected chi connectivity index (χ3v) is 7.24. The van der Waals surface area contributed by atoms with Crippen molar-refractivity contribution in [3.63, 3.8) is 0 Å². The predicted molar refractivity (Wildman–Crippen MR) is 123 cm³/mol. The van der Waals surface area contributed by atoms with Crippen LogP contribution in [0.25, 0.3) is 22.3 Å². The highest BCUT2D eigenvalue weighted by Crippen LogP contribution is 2.45. The van der Waals surface area contributed by atoms with Crippen LogP contribution in [-0.2, 0) is 5.54 Å². The Morgan fingerprint density at radius 1 is 1.30 bits per heavy atom. The highest BCUT2D eigenvalue weighted by atomic mass is 16.2. The fourth-order valence-corrected chi connectivity index (χ4v) is 5.10. The third-order valence-electron chi connectivity index (χ3n) is 7.24. The number of carbonyl (C=O) groups is 1. The van der Waals surface area contributed by atoms with E-state index in [9.17, 15) is 10.1 Å². The first kappa shape index (κ1) is 21.4. The van der Waals surface area contributed by atoms with Gasteiger partial charge in [-0.2, -0.15) is 10.4 Å². The molecule has 2 fully saturated rings. The largest absolute Gasteiger partial charge is 0.346 e. The maximum Gasteiger partial charge on any atom is 0.319 e. The van der Waals surface area contributed by atoms with Gasteiger partial charge in [-0.25, -0.2) is 14.8 Å². The first-order valence-corrected chi connectivity index (χ1v) is 11.5. The van der Waals surface area contributed by atoms with Crippen LogP contribution in [0.1, 0.15) is 26.2 Å². The molecule has 2 amide bonds. The number of hydrogen-bond donors (Lipinski definition) is 1. The van der Waals surface area contributed by atoms with Gasteiger partial charge in [0.15, 0.2) is 0 Å². The Labute approximate surface area is 192 Å². The number of nitrogens with zero attached hydrogens (tertiary/aromatic N) is 8. The molecular formula is C23H29N9O. The molecule has 3 aromatic rings. The molecule has 4 heterocycles. The van der Waals surface area contributed by atoms with Crippen molar-refractivity contribution in [3.05, 3.63) is 31.0 Å². The lowest BCUT2D eigenvalue weighted by Crippen LogP contribution is -2.61. The van der Waals surface area contributed by atoms with Crippen molar-refractivity contribution in [2.45, 2.75) is 37.8 Å². The van der Waals surface area contributed by atoms with Crippen LogP contribution in [0.4, 0.5) is 4.79 Å². The summed E-state index contributed by atoms with van der Waals surface area (Å²) in [5.41, 5.74) is 2.27. The van der Waals surface area contributed by atoms with E-state index >= 15 is 0 Å². The number of hydrogen-bond acceptors (Lipinski definition) is 6. The van der Waals surface area contributed by atoms with E-state index in [4.69, 9.17) is 0 Å². The first-order valence-electron chi connectivity index (χ1n) is 11.5. The summed E-state index contributed by atoms with van der Waals surface area (Å²) in [6.45, 7) is 5.94. The molecule has 33 heavy (non-hydrogen) atoms. The molecule has 2 aliphatic rings. The molecule has 0 radical (unpaired) electrons. The molecular weight excluding hydrogens is 418 g/mol. The number of aromatic nitrogens is 5. The smallest absolute Gasteiger partial charge is 0.319 e. The Kier molecular flexibility index (Phi) is 5.50. The standard InChI is InChI=1S/C23H29N9O/c1-3-29(2)22(33)31-10-8-30(9-11-31)18-12-23(13-18,5-6-24)32-15-17(14-28-32)20-19-4-7-25-21(19)27-16-26-20/h4,7,14-16,18H,3,5,8-13H2,1-2H3,(H,25,26,27). The van der Waals surface area contributed by atoms with Gasteiger partial charge in [0.05, 0.1) is 29.9 Å². The molecule has 10 nitrogen and oxygen atoms in total. The van der Waals surface area contributed by atoms with Gasteiger partial charge in [0, 0.05) is 69.2 Å². The predicted octanol–water partition coefficient (Wildman–Crippen LogP) is 2.28. The topological polar surface area (TPSA) is 110 Å². The van der Waals surface area contributed by atoms with Gasteiger partial charge >= 0.3 is 6.03 Å². The lowest BCUT2D eigenvalue weighted by molar-refractivity contribution is -0.0143. The summed E-state index contributed by atoms with van der Waals surface area (Å²) in [7, 11) is 1.85.